The molecule has 1 saturated carbocycles. The standard InChI is InChI=1S/C12H25N3O/c1-9(2)14-11(13)15-12(8-16)6-4-5-10(3)7-12/h9-10,16H,4-8H2,1-3H3,(H3,13,14,15). The van der Waals surface area contributed by atoms with Crippen LogP contribution in [0, 0.1) is 5.92 Å². The van der Waals surface area contributed by atoms with Gasteiger partial charge >= 0.3 is 0 Å². The lowest BCUT2D eigenvalue weighted by atomic mass is 9.77. The molecule has 1 aliphatic rings. The van der Waals surface area contributed by atoms with Gasteiger partial charge in [0.1, 0.15) is 0 Å². The lowest BCUT2D eigenvalue weighted by Gasteiger charge is -2.39. The summed E-state index contributed by atoms with van der Waals surface area (Å²) < 4.78 is 0. The van der Waals surface area contributed by atoms with E-state index in [4.69, 9.17) is 5.73 Å². The number of rotatable bonds is 3. The first-order valence-corrected chi connectivity index (χ1v) is 6.20. The number of hydrogen-bond donors (Lipinski definition) is 3. The van der Waals surface area contributed by atoms with Crippen LogP contribution in [0.2, 0.25) is 0 Å². The van der Waals surface area contributed by atoms with E-state index in [9.17, 15) is 5.11 Å². The summed E-state index contributed by atoms with van der Waals surface area (Å²) in [5.41, 5.74) is 5.59. The van der Waals surface area contributed by atoms with Crippen molar-refractivity contribution in [2.24, 2.45) is 16.6 Å². The lowest BCUT2D eigenvalue weighted by molar-refractivity contribution is 0.116. The third kappa shape index (κ3) is 3.67. The average molecular weight is 227 g/mol. The van der Waals surface area contributed by atoms with Crippen LogP contribution in [0.3, 0.4) is 0 Å². The van der Waals surface area contributed by atoms with E-state index in [1.807, 2.05) is 13.8 Å². The van der Waals surface area contributed by atoms with Gasteiger partial charge in [-0.2, -0.15) is 0 Å². The van der Waals surface area contributed by atoms with E-state index in [2.05, 4.69) is 17.2 Å². The molecule has 4 N–H and O–H groups in total. The fourth-order valence-electron chi connectivity index (χ4n) is 2.54. The molecule has 0 heterocycles. The second-order valence-electron chi connectivity index (χ2n) is 5.37. The highest BCUT2D eigenvalue weighted by atomic mass is 16.3. The summed E-state index contributed by atoms with van der Waals surface area (Å²) in [6.45, 7) is 6.33. The Labute approximate surface area is 98.3 Å². The molecule has 2 unspecified atom stereocenters. The molecule has 0 radical (unpaired) electrons. The van der Waals surface area contributed by atoms with Gasteiger partial charge in [-0.25, -0.2) is 0 Å². The van der Waals surface area contributed by atoms with Crippen LogP contribution in [0.1, 0.15) is 46.5 Å². The molecule has 4 heteroatoms. The van der Waals surface area contributed by atoms with Crippen molar-refractivity contribution in [3.63, 3.8) is 0 Å². The first kappa shape index (κ1) is 13.3. The summed E-state index contributed by atoms with van der Waals surface area (Å²) in [4.78, 5) is 4.26. The zero-order valence-electron chi connectivity index (χ0n) is 10.7. The normalized spacial score (nSPS) is 31.8. The van der Waals surface area contributed by atoms with E-state index >= 15 is 0 Å². The largest absolute Gasteiger partial charge is 0.394 e. The number of nitrogens with two attached hydrogens (primary N) is 1. The highest BCUT2D eigenvalue weighted by molar-refractivity contribution is 5.78. The fourth-order valence-corrected chi connectivity index (χ4v) is 2.54. The minimum Gasteiger partial charge on any atom is -0.394 e. The second kappa shape index (κ2) is 5.53. The van der Waals surface area contributed by atoms with E-state index in [1.54, 1.807) is 0 Å². The van der Waals surface area contributed by atoms with Crippen molar-refractivity contribution in [1.29, 1.82) is 0 Å². The molecule has 0 bridgehead atoms. The maximum Gasteiger partial charge on any atom is 0.189 e. The Hall–Kier alpha value is -0.770. The van der Waals surface area contributed by atoms with Crippen molar-refractivity contribution >= 4 is 5.96 Å². The molecule has 2 atom stereocenters. The minimum absolute atomic E-state index is 0.131. The van der Waals surface area contributed by atoms with E-state index < -0.39 is 0 Å². The third-order valence-corrected chi connectivity index (χ3v) is 3.18. The summed E-state index contributed by atoms with van der Waals surface area (Å²) in [5, 5.41) is 12.8. The molecule has 1 fully saturated rings. The van der Waals surface area contributed by atoms with Crippen molar-refractivity contribution in [2.45, 2.75) is 58.0 Å². The van der Waals surface area contributed by atoms with Crippen molar-refractivity contribution in [3.8, 4) is 0 Å². The maximum atomic E-state index is 9.57. The van der Waals surface area contributed by atoms with Gasteiger partial charge in [-0.05, 0) is 32.6 Å². The van der Waals surface area contributed by atoms with E-state index in [1.165, 1.54) is 6.42 Å². The number of aliphatic imine (C=N–C) groups is 1. The second-order valence-corrected chi connectivity index (χ2v) is 5.37. The van der Waals surface area contributed by atoms with E-state index in [-0.39, 0.29) is 18.2 Å². The van der Waals surface area contributed by atoms with Crippen LogP contribution >= 0.6 is 0 Å². The number of nitrogens with zero attached hydrogens (tertiary/aromatic N) is 1. The topological polar surface area (TPSA) is 70.6 Å². The molecule has 16 heavy (non-hydrogen) atoms. The highest BCUT2D eigenvalue weighted by Gasteiger charge is 2.34. The third-order valence-electron chi connectivity index (χ3n) is 3.18. The Morgan fingerprint density at radius 1 is 1.62 bits per heavy atom. The Kier molecular flexibility index (Phi) is 4.59. The van der Waals surface area contributed by atoms with Gasteiger partial charge in [0, 0.05) is 6.04 Å². The van der Waals surface area contributed by atoms with Gasteiger partial charge in [0.2, 0.25) is 0 Å². The van der Waals surface area contributed by atoms with E-state index in [0.29, 0.717) is 11.9 Å². The van der Waals surface area contributed by atoms with Gasteiger partial charge in [-0.1, -0.05) is 19.8 Å². The van der Waals surface area contributed by atoms with E-state index in [0.717, 1.165) is 19.3 Å². The van der Waals surface area contributed by atoms with Crippen molar-refractivity contribution in [1.82, 2.24) is 5.32 Å². The fraction of sp³-hybridized carbons (Fsp3) is 0.917. The van der Waals surface area contributed by atoms with Gasteiger partial charge in [-0.15, -0.1) is 0 Å². The zero-order valence-corrected chi connectivity index (χ0v) is 10.7. The SMILES string of the molecule is CC1CCCC(CO)(NC(N)=NC(C)C)C1. The van der Waals surface area contributed by atoms with Gasteiger partial charge in [0.15, 0.2) is 5.96 Å². The smallest absolute Gasteiger partial charge is 0.189 e. The summed E-state index contributed by atoms with van der Waals surface area (Å²) in [6.07, 6.45) is 4.33. The van der Waals surface area contributed by atoms with Crippen LogP contribution in [0.5, 0.6) is 0 Å². The summed E-state index contributed by atoms with van der Waals surface area (Å²) in [5.74, 6) is 1.10. The molecule has 1 rings (SSSR count). The Balaban J connectivity index is 2.66. The number of nitrogens with one attached hydrogen (secondary N) is 1. The number of hydrogen-bond acceptors (Lipinski definition) is 2. The molecule has 0 aliphatic heterocycles. The first-order valence-electron chi connectivity index (χ1n) is 6.20. The molecule has 1 aliphatic carbocycles. The van der Waals surface area contributed by atoms with Gasteiger partial charge in [-0.3, -0.25) is 4.99 Å². The van der Waals surface area contributed by atoms with Crippen LogP contribution in [0.25, 0.3) is 0 Å². The Morgan fingerprint density at radius 2 is 2.31 bits per heavy atom. The van der Waals surface area contributed by atoms with Crippen LogP contribution in [0.4, 0.5) is 0 Å². The van der Waals surface area contributed by atoms with Crippen molar-refractivity contribution < 1.29 is 5.11 Å². The molecule has 0 amide bonds. The van der Waals surface area contributed by atoms with Crippen LogP contribution < -0.4 is 11.1 Å². The van der Waals surface area contributed by atoms with Gasteiger partial charge in [0.05, 0.1) is 12.1 Å². The van der Waals surface area contributed by atoms with Crippen molar-refractivity contribution in [3.05, 3.63) is 0 Å². The summed E-state index contributed by atoms with van der Waals surface area (Å²) in [6, 6.07) is 0.184. The van der Waals surface area contributed by atoms with Crippen LogP contribution in [-0.4, -0.2) is 29.3 Å². The van der Waals surface area contributed by atoms with Crippen LogP contribution in [-0.2, 0) is 0 Å². The molecule has 0 aromatic rings. The Morgan fingerprint density at radius 3 is 2.81 bits per heavy atom. The monoisotopic (exact) mass is 227 g/mol. The lowest BCUT2D eigenvalue weighted by Crippen LogP contribution is -2.56. The molecule has 0 spiro atoms. The summed E-state index contributed by atoms with van der Waals surface area (Å²) in [7, 11) is 0. The molecule has 0 aromatic carbocycles. The summed E-state index contributed by atoms with van der Waals surface area (Å²) >= 11 is 0. The number of aliphatic hydroxyl groups excluding tert-OH is 1. The molecular weight excluding hydrogens is 202 g/mol. The first-order chi connectivity index (χ1) is 7.47. The molecule has 4 nitrogen and oxygen atoms in total. The molecular formula is C12H25N3O. The van der Waals surface area contributed by atoms with Crippen molar-refractivity contribution in [2.75, 3.05) is 6.61 Å². The minimum atomic E-state index is -0.250. The quantitative estimate of drug-likeness (QED) is 0.502. The maximum absolute atomic E-state index is 9.57. The number of aliphatic hydroxyl groups is 1. The predicted molar refractivity (Wildman–Crippen MR) is 67.3 cm³/mol. The molecule has 0 saturated heterocycles. The highest BCUT2D eigenvalue weighted by Crippen LogP contribution is 2.31. The van der Waals surface area contributed by atoms with Crippen LogP contribution in [0.15, 0.2) is 4.99 Å². The zero-order chi connectivity index (χ0) is 12.2. The molecule has 94 valence electrons. The Bertz CT molecular complexity index is 253. The molecule has 0 aromatic heterocycles. The van der Waals surface area contributed by atoms with Gasteiger partial charge < -0.3 is 16.2 Å². The average Bonchev–Trinajstić information content (AvgIpc) is 2.16. The van der Waals surface area contributed by atoms with Gasteiger partial charge in [0.25, 0.3) is 0 Å². The predicted octanol–water partition coefficient (Wildman–Crippen LogP) is 1.24. The number of guanidine groups is 1.